The maximum absolute atomic E-state index is 12.9. The lowest BCUT2D eigenvalue weighted by Crippen LogP contribution is -2.56. The second-order valence-corrected chi connectivity index (χ2v) is 8.84. The Morgan fingerprint density at radius 1 is 1.17 bits per heavy atom. The molecule has 1 N–H and O–H groups in total. The summed E-state index contributed by atoms with van der Waals surface area (Å²) in [7, 11) is -3.24. The van der Waals surface area contributed by atoms with Crippen LogP contribution < -0.4 is 5.32 Å². The molecule has 1 aliphatic heterocycles. The van der Waals surface area contributed by atoms with E-state index in [2.05, 4.69) is 10.3 Å². The Labute approximate surface area is 187 Å². The van der Waals surface area contributed by atoms with Crippen LogP contribution in [0.2, 0.25) is 0 Å². The number of hydrogen-bond donors (Lipinski definition) is 1. The van der Waals surface area contributed by atoms with Crippen molar-refractivity contribution < 1.29 is 21.6 Å². The van der Waals surface area contributed by atoms with Crippen molar-refractivity contribution in [3.05, 3.63) is 29.8 Å². The summed E-state index contributed by atoms with van der Waals surface area (Å²) in [5, 5.41) is 3.17. The minimum absolute atomic E-state index is 0. The Kier molecular flexibility index (Phi) is 9.67. The first-order valence-electron chi connectivity index (χ1n) is 9.15. The van der Waals surface area contributed by atoms with Crippen LogP contribution in [-0.4, -0.2) is 75.4 Å². The topological polar surface area (TPSA) is 65.0 Å². The van der Waals surface area contributed by atoms with Crippen molar-refractivity contribution >= 4 is 39.8 Å². The van der Waals surface area contributed by atoms with Gasteiger partial charge in [0.05, 0.1) is 11.4 Å². The van der Waals surface area contributed by atoms with Gasteiger partial charge in [-0.2, -0.15) is 13.2 Å². The van der Waals surface area contributed by atoms with E-state index < -0.39 is 22.1 Å². The Morgan fingerprint density at radius 3 is 2.17 bits per heavy atom. The molecule has 1 atom stereocenters. The van der Waals surface area contributed by atoms with E-state index in [0.29, 0.717) is 45.2 Å². The third-order valence-electron chi connectivity index (χ3n) is 4.73. The fourth-order valence-electron chi connectivity index (χ4n) is 2.96. The zero-order valence-electron chi connectivity index (χ0n) is 16.7. The van der Waals surface area contributed by atoms with Crippen LogP contribution >= 0.6 is 24.0 Å². The van der Waals surface area contributed by atoms with E-state index in [1.807, 2.05) is 11.8 Å². The first kappa shape index (κ1) is 26.0. The number of hydrogen-bond acceptors (Lipinski definition) is 4. The zero-order chi connectivity index (χ0) is 20.9. The van der Waals surface area contributed by atoms with Gasteiger partial charge in [-0.15, -0.1) is 24.0 Å². The van der Waals surface area contributed by atoms with Crippen LogP contribution in [0.25, 0.3) is 0 Å². The molecule has 2 rings (SSSR count). The highest BCUT2D eigenvalue weighted by Gasteiger charge is 2.41. The summed E-state index contributed by atoms with van der Waals surface area (Å²) in [5.41, 5.74) is 0.854. The standard InChI is InChI=1S/C18H27F3N4O2S.HI/c1-4-22-17(23-13-15-5-7-16(8-6-15)28(3,26)27)25-11-9-24(10-12-25)14(2)18(19,20)21;/h5-8,14H,4,9-13H2,1-3H3,(H,22,23);1H. The number of nitrogens with zero attached hydrogens (tertiary/aromatic N) is 3. The average Bonchev–Trinajstić information content (AvgIpc) is 2.63. The summed E-state index contributed by atoms with van der Waals surface area (Å²) < 4.78 is 61.7. The predicted octanol–water partition coefficient (Wildman–Crippen LogP) is 2.74. The number of aliphatic imine (C=N–C) groups is 1. The molecular weight excluding hydrogens is 520 g/mol. The maximum Gasteiger partial charge on any atom is 0.403 e. The molecule has 1 unspecified atom stereocenters. The van der Waals surface area contributed by atoms with Gasteiger partial charge in [-0.05, 0) is 31.5 Å². The molecule has 166 valence electrons. The number of rotatable bonds is 5. The lowest BCUT2D eigenvalue weighted by atomic mass is 10.2. The van der Waals surface area contributed by atoms with Crippen LogP contribution in [0.15, 0.2) is 34.2 Å². The molecule has 29 heavy (non-hydrogen) atoms. The van der Waals surface area contributed by atoms with Crippen LogP contribution in [0.4, 0.5) is 13.2 Å². The van der Waals surface area contributed by atoms with Gasteiger partial charge in [0.2, 0.25) is 0 Å². The largest absolute Gasteiger partial charge is 0.403 e. The molecule has 0 radical (unpaired) electrons. The second-order valence-electron chi connectivity index (χ2n) is 6.83. The van der Waals surface area contributed by atoms with Gasteiger partial charge < -0.3 is 10.2 Å². The van der Waals surface area contributed by atoms with Crippen molar-refractivity contribution in [2.45, 2.75) is 37.5 Å². The Balaban J connectivity index is 0.00000420. The van der Waals surface area contributed by atoms with Gasteiger partial charge in [0.25, 0.3) is 0 Å². The van der Waals surface area contributed by atoms with E-state index in [0.717, 1.165) is 11.8 Å². The van der Waals surface area contributed by atoms with Crippen molar-refractivity contribution in [1.82, 2.24) is 15.1 Å². The number of piperazine rings is 1. The van der Waals surface area contributed by atoms with Gasteiger partial charge in [-0.25, -0.2) is 13.4 Å². The molecule has 1 heterocycles. The Morgan fingerprint density at radius 2 is 1.72 bits per heavy atom. The van der Waals surface area contributed by atoms with E-state index in [1.54, 1.807) is 24.3 Å². The third kappa shape index (κ3) is 7.59. The van der Waals surface area contributed by atoms with Gasteiger partial charge in [-0.1, -0.05) is 12.1 Å². The molecule has 0 aromatic heterocycles. The minimum atomic E-state index is -4.22. The quantitative estimate of drug-likeness (QED) is 0.349. The number of alkyl halides is 3. The molecule has 1 aliphatic rings. The highest BCUT2D eigenvalue weighted by molar-refractivity contribution is 14.0. The first-order chi connectivity index (χ1) is 13.0. The van der Waals surface area contributed by atoms with E-state index in [4.69, 9.17) is 0 Å². The molecule has 11 heteroatoms. The number of guanidine groups is 1. The molecular formula is C18H28F3IN4O2S. The zero-order valence-corrected chi connectivity index (χ0v) is 19.9. The van der Waals surface area contributed by atoms with Gasteiger partial charge in [0.1, 0.15) is 6.04 Å². The predicted molar refractivity (Wildman–Crippen MR) is 118 cm³/mol. The lowest BCUT2D eigenvalue weighted by Gasteiger charge is -2.39. The summed E-state index contributed by atoms with van der Waals surface area (Å²) in [6.07, 6.45) is -3.07. The SMILES string of the molecule is CCNC(=NCc1ccc(S(C)(=O)=O)cc1)N1CCN(C(C)C(F)(F)F)CC1.I. The van der Waals surface area contributed by atoms with Gasteiger partial charge >= 0.3 is 6.18 Å². The highest BCUT2D eigenvalue weighted by Crippen LogP contribution is 2.25. The lowest BCUT2D eigenvalue weighted by molar-refractivity contribution is -0.181. The van der Waals surface area contributed by atoms with Crippen molar-refractivity contribution in [3.8, 4) is 0 Å². The summed E-state index contributed by atoms with van der Waals surface area (Å²) in [6.45, 7) is 5.66. The summed E-state index contributed by atoms with van der Waals surface area (Å²) in [6, 6.07) is 5.07. The van der Waals surface area contributed by atoms with Crippen molar-refractivity contribution in [2.24, 2.45) is 4.99 Å². The monoisotopic (exact) mass is 548 g/mol. The number of halogens is 4. The van der Waals surface area contributed by atoms with Crippen LogP contribution in [0.1, 0.15) is 19.4 Å². The van der Waals surface area contributed by atoms with Crippen molar-refractivity contribution in [1.29, 1.82) is 0 Å². The fourth-order valence-corrected chi connectivity index (χ4v) is 3.59. The molecule has 0 aliphatic carbocycles. The van der Waals surface area contributed by atoms with Gasteiger partial charge in [0, 0.05) is 39.0 Å². The molecule has 0 amide bonds. The summed E-state index contributed by atoms with van der Waals surface area (Å²) in [4.78, 5) is 8.20. The first-order valence-corrected chi connectivity index (χ1v) is 11.0. The van der Waals surface area contributed by atoms with E-state index in [1.165, 1.54) is 11.8 Å². The fraction of sp³-hybridized carbons (Fsp3) is 0.611. The molecule has 1 fully saturated rings. The van der Waals surface area contributed by atoms with Crippen molar-refractivity contribution in [3.63, 3.8) is 0 Å². The third-order valence-corrected chi connectivity index (χ3v) is 5.86. The van der Waals surface area contributed by atoms with E-state index in [9.17, 15) is 21.6 Å². The normalized spacial score (nSPS) is 17.6. The minimum Gasteiger partial charge on any atom is -0.357 e. The van der Waals surface area contributed by atoms with Gasteiger partial charge in [0.15, 0.2) is 15.8 Å². The number of sulfone groups is 1. The average molecular weight is 548 g/mol. The molecule has 0 bridgehead atoms. The Hall–Kier alpha value is -1.08. The maximum atomic E-state index is 12.9. The highest BCUT2D eigenvalue weighted by atomic mass is 127. The van der Waals surface area contributed by atoms with E-state index in [-0.39, 0.29) is 28.9 Å². The molecule has 6 nitrogen and oxygen atoms in total. The molecule has 1 saturated heterocycles. The number of nitrogens with one attached hydrogen (secondary N) is 1. The van der Waals surface area contributed by atoms with E-state index >= 15 is 0 Å². The Bertz CT molecular complexity index is 777. The second kappa shape index (κ2) is 10.8. The van der Waals surface area contributed by atoms with Crippen LogP contribution in [0.3, 0.4) is 0 Å². The van der Waals surface area contributed by atoms with Crippen LogP contribution in [0.5, 0.6) is 0 Å². The smallest absolute Gasteiger partial charge is 0.357 e. The molecule has 0 saturated carbocycles. The summed E-state index contributed by atoms with van der Waals surface area (Å²) in [5.74, 6) is 0.647. The summed E-state index contributed by atoms with van der Waals surface area (Å²) >= 11 is 0. The molecule has 1 aromatic carbocycles. The number of benzene rings is 1. The van der Waals surface area contributed by atoms with Crippen LogP contribution in [-0.2, 0) is 16.4 Å². The van der Waals surface area contributed by atoms with Crippen LogP contribution in [0, 0.1) is 0 Å². The van der Waals surface area contributed by atoms with Crippen molar-refractivity contribution in [2.75, 3.05) is 39.0 Å². The van der Waals surface area contributed by atoms with Gasteiger partial charge in [-0.3, -0.25) is 4.90 Å². The molecule has 1 aromatic rings. The molecule has 0 spiro atoms.